The average Bonchev–Trinajstić information content (AvgIpc) is 2.84. The normalized spacial score (nSPS) is 17.1. The summed E-state index contributed by atoms with van der Waals surface area (Å²) in [5.74, 6) is 0.0382. The highest BCUT2D eigenvalue weighted by atomic mass is 16.1. The van der Waals surface area contributed by atoms with Gasteiger partial charge in [-0.2, -0.15) is 0 Å². The first kappa shape index (κ1) is 12.3. The number of benzene rings is 1. The molecule has 0 saturated heterocycles. The van der Waals surface area contributed by atoms with Crippen molar-refractivity contribution in [2.45, 2.75) is 32.6 Å². The zero-order valence-electron chi connectivity index (χ0n) is 11.3. The number of H-pyrrole nitrogens is 1. The Kier molecular flexibility index (Phi) is 3.05. The average molecular weight is 256 g/mol. The third kappa shape index (κ3) is 2.25. The number of aromatic nitrogens is 1. The number of aromatic amines is 1. The lowest BCUT2D eigenvalue weighted by molar-refractivity contribution is 0.0850. The van der Waals surface area contributed by atoms with Gasteiger partial charge in [-0.05, 0) is 48.3 Å². The zero-order valence-corrected chi connectivity index (χ0v) is 11.3. The van der Waals surface area contributed by atoms with E-state index in [-0.39, 0.29) is 5.91 Å². The van der Waals surface area contributed by atoms with E-state index in [0.717, 1.165) is 29.4 Å². The maximum atomic E-state index is 12.2. The van der Waals surface area contributed by atoms with Crippen LogP contribution in [-0.4, -0.2) is 17.4 Å². The third-order valence-electron chi connectivity index (χ3n) is 4.61. The van der Waals surface area contributed by atoms with Crippen molar-refractivity contribution >= 4 is 16.8 Å². The van der Waals surface area contributed by atoms with E-state index >= 15 is 0 Å². The fraction of sp³-hybridized carbons (Fsp3) is 0.438. The van der Waals surface area contributed by atoms with E-state index in [1.807, 2.05) is 30.5 Å². The zero-order chi connectivity index (χ0) is 13.3. The fourth-order valence-electron chi connectivity index (χ4n) is 2.89. The summed E-state index contributed by atoms with van der Waals surface area (Å²) in [6.45, 7) is 3.03. The van der Waals surface area contributed by atoms with Gasteiger partial charge in [0.15, 0.2) is 0 Å². The number of fused-ring (bicyclic) bond motifs is 1. The van der Waals surface area contributed by atoms with Crippen molar-refractivity contribution in [2.75, 3.05) is 6.54 Å². The molecule has 0 unspecified atom stereocenters. The minimum atomic E-state index is 0.0382. The van der Waals surface area contributed by atoms with Crippen LogP contribution in [0.4, 0.5) is 0 Å². The summed E-state index contributed by atoms with van der Waals surface area (Å²) in [6.07, 6.45) is 6.85. The number of rotatable bonds is 4. The van der Waals surface area contributed by atoms with E-state index in [4.69, 9.17) is 0 Å². The summed E-state index contributed by atoms with van der Waals surface area (Å²) >= 11 is 0. The highest BCUT2D eigenvalue weighted by Gasteiger charge is 2.35. The summed E-state index contributed by atoms with van der Waals surface area (Å²) in [5.41, 5.74) is 2.12. The summed E-state index contributed by atoms with van der Waals surface area (Å²) in [5, 5.41) is 4.24. The van der Waals surface area contributed by atoms with Crippen LogP contribution in [0, 0.1) is 5.41 Å². The van der Waals surface area contributed by atoms with Gasteiger partial charge in [0.1, 0.15) is 0 Å². The molecule has 1 saturated carbocycles. The van der Waals surface area contributed by atoms with Gasteiger partial charge in [0.2, 0.25) is 0 Å². The molecule has 19 heavy (non-hydrogen) atoms. The molecule has 1 amide bonds. The number of amides is 1. The molecule has 2 aromatic rings. The Morgan fingerprint density at radius 3 is 2.89 bits per heavy atom. The predicted octanol–water partition coefficient (Wildman–Crippen LogP) is 3.48. The quantitative estimate of drug-likeness (QED) is 0.864. The van der Waals surface area contributed by atoms with Crippen LogP contribution in [0.15, 0.2) is 30.5 Å². The Morgan fingerprint density at radius 1 is 1.37 bits per heavy atom. The molecule has 3 heteroatoms. The molecule has 1 aromatic carbocycles. The number of hydrogen-bond acceptors (Lipinski definition) is 1. The van der Waals surface area contributed by atoms with Gasteiger partial charge >= 0.3 is 0 Å². The predicted molar refractivity (Wildman–Crippen MR) is 77.2 cm³/mol. The van der Waals surface area contributed by atoms with Crippen molar-refractivity contribution in [1.29, 1.82) is 0 Å². The van der Waals surface area contributed by atoms with E-state index in [9.17, 15) is 4.79 Å². The van der Waals surface area contributed by atoms with Crippen LogP contribution < -0.4 is 5.32 Å². The molecule has 0 bridgehead atoms. The van der Waals surface area contributed by atoms with Crippen molar-refractivity contribution in [3.8, 4) is 0 Å². The van der Waals surface area contributed by atoms with Crippen LogP contribution in [0.5, 0.6) is 0 Å². The summed E-state index contributed by atoms with van der Waals surface area (Å²) in [7, 11) is 0. The first-order valence-corrected chi connectivity index (χ1v) is 7.08. The monoisotopic (exact) mass is 256 g/mol. The van der Waals surface area contributed by atoms with E-state index in [1.54, 1.807) is 0 Å². The van der Waals surface area contributed by atoms with Crippen LogP contribution in [0.1, 0.15) is 43.0 Å². The topological polar surface area (TPSA) is 44.9 Å². The molecule has 1 aromatic heterocycles. The molecular weight excluding hydrogens is 236 g/mol. The van der Waals surface area contributed by atoms with E-state index in [2.05, 4.69) is 17.2 Å². The first-order valence-electron chi connectivity index (χ1n) is 7.08. The SMILES string of the molecule is CCC1(CNC(=O)c2ccc3cc[nH]c3c2)CCC1. The largest absolute Gasteiger partial charge is 0.361 e. The Bertz CT molecular complexity index is 590. The van der Waals surface area contributed by atoms with Crippen LogP contribution in [0.3, 0.4) is 0 Å². The summed E-state index contributed by atoms with van der Waals surface area (Å²) in [4.78, 5) is 15.3. The Morgan fingerprint density at radius 2 is 2.21 bits per heavy atom. The molecule has 1 aliphatic rings. The Balaban J connectivity index is 1.69. The molecular formula is C16H20N2O. The molecule has 0 atom stereocenters. The first-order chi connectivity index (χ1) is 9.22. The highest BCUT2D eigenvalue weighted by Crippen LogP contribution is 2.43. The highest BCUT2D eigenvalue weighted by molar-refractivity contribution is 5.97. The number of hydrogen-bond donors (Lipinski definition) is 2. The van der Waals surface area contributed by atoms with Crippen molar-refractivity contribution in [1.82, 2.24) is 10.3 Å². The second-order valence-electron chi connectivity index (χ2n) is 5.67. The van der Waals surface area contributed by atoms with Crippen LogP contribution in [0.25, 0.3) is 10.9 Å². The van der Waals surface area contributed by atoms with Gasteiger partial charge < -0.3 is 10.3 Å². The third-order valence-corrected chi connectivity index (χ3v) is 4.61. The van der Waals surface area contributed by atoms with Crippen LogP contribution in [-0.2, 0) is 0 Å². The lowest BCUT2D eigenvalue weighted by Gasteiger charge is -2.41. The van der Waals surface area contributed by atoms with E-state index in [0.29, 0.717) is 5.41 Å². The maximum Gasteiger partial charge on any atom is 0.251 e. The van der Waals surface area contributed by atoms with E-state index < -0.39 is 0 Å². The van der Waals surface area contributed by atoms with Gasteiger partial charge in [0.05, 0.1) is 0 Å². The maximum absolute atomic E-state index is 12.2. The number of nitrogens with one attached hydrogen (secondary N) is 2. The van der Waals surface area contributed by atoms with Gasteiger partial charge in [-0.1, -0.05) is 19.4 Å². The van der Waals surface area contributed by atoms with Crippen LogP contribution >= 0.6 is 0 Å². The molecule has 1 fully saturated rings. The molecule has 2 N–H and O–H groups in total. The Labute approximate surface area is 113 Å². The van der Waals surface area contributed by atoms with Crippen molar-refractivity contribution in [2.24, 2.45) is 5.41 Å². The number of carbonyl (C=O) groups excluding carboxylic acids is 1. The van der Waals surface area contributed by atoms with Gasteiger partial charge in [0, 0.05) is 23.8 Å². The minimum absolute atomic E-state index is 0.0382. The van der Waals surface area contributed by atoms with Crippen molar-refractivity contribution in [3.05, 3.63) is 36.0 Å². The van der Waals surface area contributed by atoms with Gasteiger partial charge in [-0.15, -0.1) is 0 Å². The van der Waals surface area contributed by atoms with Crippen LogP contribution in [0.2, 0.25) is 0 Å². The second kappa shape index (κ2) is 4.72. The molecule has 100 valence electrons. The molecule has 1 heterocycles. The second-order valence-corrected chi connectivity index (χ2v) is 5.67. The lowest BCUT2D eigenvalue weighted by Crippen LogP contribution is -2.41. The van der Waals surface area contributed by atoms with Crippen molar-refractivity contribution in [3.63, 3.8) is 0 Å². The molecule has 0 aliphatic heterocycles. The molecule has 3 nitrogen and oxygen atoms in total. The Hall–Kier alpha value is -1.77. The van der Waals surface area contributed by atoms with Gasteiger partial charge in [-0.3, -0.25) is 4.79 Å². The van der Waals surface area contributed by atoms with Gasteiger partial charge in [-0.25, -0.2) is 0 Å². The lowest BCUT2D eigenvalue weighted by atomic mass is 9.67. The molecule has 0 radical (unpaired) electrons. The molecule has 3 rings (SSSR count). The fourth-order valence-corrected chi connectivity index (χ4v) is 2.89. The summed E-state index contributed by atoms with van der Waals surface area (Å²) in [6, 6.07) is 7.81. The van der Waals surface area contributed by atoms with Crippen molar-refractivity contribution < 1.29 is 4.79 Å². The molecule has 0 spiro atoms. The van der Waals surface area contributed by atoms with E-state index in [1.165, 1.54) is 19.3 Å². The minimum Gasteiger partial charge on any atom is -0.361 e. The standard InChI is InChI=1S/C16H20N2O/c1-2-16(7-3-8-16)11-18-15(19)13-5-4-12-6-9-17-14(12)10-13/h4-6,9-10,17H,2-3,7-8,11H2,1H3,(H,18,19). The van der Waals surface area contributed by atoms with Gasteiger partial charge in [0.25, 0.3) is 5.91 Å². The molecule has 1 aliphatic carbocycles. The smallest absolute Gasteiger partial charge is 0.251 e. The number of carbonyl (C=O) groups is 1. The summed E-state index contributed by atoms with van der Waals surface area (Å²) < 4.78 is 0.